The Hall–Kier alpha value is -2.12. The third-order valence-electron chi connectivity index (χ3n) is 5.49. The third kappa shape index (κ3) is 4.16. The molecule has 0 aromatic carbocycles. The topological polar surface area (TPSA) is 105 Å². The molecule has 2 rings (SSSR count). The van der Waals surface area contributed by atoms with Gasteiger partial charge >= 0.3 is 12.0 Å². The minimum Gasteiger partial charge on any atom is -0.467 e. The first-order chi connectivity index (χ1) is 12.3. The first-order valence-electron chi connectivity index (χ1n) is 9.36. The van der Waals surface area contributed by atoms with Crippen LogP contribution in [0, 0.1) is 5.92 Å². The number of rotatable bonds is 6. The largest absolute Gasteiger partial charge is 0.467 e. The van der Waals surface area contributed by atoms with Gasteiger partial charge in [-0.1, -0.05) is 46.0 Å². The quantitative estimate of drug-likeness (QED) is 0.544. The van der Waals surface area contributed by atoms with Crippen molar-refractivity contribution in [3.63, 3.8) is 0 Å². The summed E-state index contributed by atoms with van der Waals surface area (Å²) in [7, 11) is 1.26. The number of carbonyl (C=O) groups excluding carboxylic acids is 4. The van der Waals surface area contributed by atoms with Gasteiger partial charge in [-0.25, -0.2) is 9.59 Å². The Labute approximate surface area is 154 Å². The van der Waals surface area contributed by atoms with Gasteiger partial charge in [0, 0.05) is 0 Å². The standard InChI is InChI=1S/C18H29N3O5/c1-4-12(2)14(15(23)26-3)19-13(22)11-21-16(24)18(20-17(21)25)9-7-5-6-8-10-18/h12,14H,4-11H2,1-3H3,(H,19,22)(H,20,25)/t12-,14+/m0/s1. The average Bonchev–Trinajstić information content (AvgIpc) is 2.79. The van der Waals surface area contributed by atoms with Crippen molar-refractivity contribution in [3.8, 4) is 0 Å². The summed E-state index contributed by atoms with van der Waals surface area (Å²) in [5, 5.41) is 5.40. The molecule has 146 valence electrons. The van der Waals surface area contributed by atoms with E-state index < -0.39 is 36.0 Å². The van der Waals surface area contributed by atoms with Crippen LogP contribution < -0.4 is 10.6 Å². The van der Waals surface area contributed by atoms with Crippen LogP contribution in [0.25, 0.3) is 0 Å². The first-order valence-corrected chi connectivity index (χ1v) is 9.36. The van der Waals surface area contributed by atoms with Crippen LogP contribution in [0.5, 0.6) is 0 Å². The van der Waals surface area contributed by atoms with Crippen molar-refractivity contribution in [1.29, 1.82) is 0 Å². The Balaban J connectivity index is 2.04. The van der Waals surface area contributed by atoms with Crippen LogP contribution in [0.3, 0.4) is 0 Å². The number of carbonyl (C=O) groups is 4. The van der Waals surface area contributed by atoms with Gasteiger partial charge in [-0.3, -0.25) is 14.5 Å². The predicted molar refractivity (Wildman–Crippen MR) is 94.1 cm³/mol. The number of urea groups is 1. The van der Waals surface area contributed by atoms with Crippen molar-refractivity contribution in [3.05, 3.63) is 0 Å². The second kappa shape index (κ2) is 8.51. The molecule has 8 nitrogen and oxygen atoms in total. The summed E-state index contributed by atoms with van der Waals surface area (Å²) in [4.78, 5) is 50.4. The number of ether oxygens (including phenoxy) is 1. The number of nitrogens with one attached hydrogen (secondary N) is 2. The zero-order valence-electron chi connectivity index (χ0n) is 15.8. The molecule has 2 aliphatic rings. The Morgan fingerprint density at radius 3 is 2.38 bits per heavy atom. The molecule has 2 atom stereocenters. The van der Waals surface area contributed by atoms with E-state index in [0.29, 0.717) is 19.3 Å². The Morgan fingerprint density at radius 1 is 1.23 bits per heavy atom. The van der Waals surface area contributed by atoms with Crippen LogP contribution >= 0.6 is 0 Å². The Kier molecular flexibility index (Phi) is 6.61. The Bertz CT molecular complexity index is 569. The molecular formula is C18H29N3O5. The zero-order valence-corrected chi connectivity index (χ0v) is 15.8. The molecular weight excluding hydrogens is 338 g/mol. The van der Waals surface area contributed by atoms with Crippen LogP contribution in [-0.4, -0.2) is 54.0 Å². The van der Waals surface area contributed by atoms with E-state index in [0.717, 1.165) is 30.6 Å². The van der Waals surface area contributed by atoms with Crippen molar-refractivity contribution in [2.45, 2.75) is 70.4 Å². The normalized spacial score (nSPS) is 21.7. The van der Waals surface area contributed by atoms with Crippen LogP contribution in [0.15, 0.2) is 0 Å². The number of imide groups is 1. The maximum atomic E-state index is 12.8. The third-order valence-corrected chi connectivity index (χ3v) is 5.49. The highest BCUT2D eigenvalue weighted by molar-refractivity contribution is 6.09. The molecule has 8 heteroatoms. The molecule has 2 N–H and O–H groups in total. The highest BCUT2D eigenvalue weighted by Crippen LogP contribution is 2.32. The summed E-state index contributed by atoms with van der Waals surface area (Å²) >= 11 is 0. The summed E-state index contributed by atoms with van der Waals surface area (Å²) in [6.07, 6.45) is 5.73. The Morgan fingerprint density at radius 2 is 1.85 bits per heavy atom. The van der Waals surface area contributed by atoms with Crippen LogP contribution in [0.1, 0.15) is 58.8 Å². The molecule has 2 fully saturated rings. The molecule has 1 saturated heterocycles. The van der Waals surface area contributed by atoms with E-state index in [1.165, 1.54) is 7.11 Å². The number of hydrogen-bond donors (Lipinski definition) is 2. The molecule has 1 aliphatic heterocycles. The van der Waals surface area contributed by atoms with Crippen LogP contribution in [-0.2, 0) is 19.1 Å². The summed E-state index contributed by atoms with van der Waals surface area (Å²) < 4.78 is 4.74. The monoisotopic (exact) mass is 367 g/mol. The molecule has 0 aromatic heterocycles. The molecule has 0 bridgehead atoms. The van der Waals surface area contributed by atoms with Gasteiger partial charge in [-0.2, -0.15) is 0 Å². The summed E-state index contributed by atoms with van der Waals surface area (Å²) in [5.74, 6) is -1.54. The SMILES string of the molecule is CC[C@H](C)[C@@H](NC(=O)CN1C(=O)NC2(CCCCCC2)C1=O)C(=O)OC. The van der Waals surface area contributed by atoms with Gasteiger partial charge in [0.05, 0.1) is 7.11 Å². The van der Waals surface area contributed by atoms with Crippen LogP contribution in [0.2, 0.25) is 0 Å². The number of esters is 1. The van der Waals surface area contributed by atoms with Gasteiger partial charge < -0.3 is 15.4 Å². The summed E-state index contributed by atoms with van der Waals surface area (Å²) in [6, 6.07) is -1.34. The number of amides is 4. The molecule has 0 aromatic rings. The summed E-state index contributed by atoms with van der Waals surface area (Å²) in [5.41, 5.74) is -0.869. The molecule has 0 radical (unpaired) electrons. The van der Waals surface area contributed by atoms with Crippen molar-refractivity contribution in [1.82, 2.24) is 15.5 Å². The fourth-order valence-electron chi connectivity index (χ4n) is 3.65. The fourth-order valence-corrected chi connectivity index (χ4v) is 3.65. The van der Waals surface area contributed by atoms with Crippen molar-refractivity contribution in [2.24, 2.45) is 5.92 Å². The lowest BCUT2D eigenvalue weighted by Gasteiger charge is -2.25. The highest BCUT2D eigenvalue weighted by atomic mass is 16.5. The lowest BCUT2D eigenvalue weighted by molar-refractivity contribution is -0.146. The van der Waals surface area contributed by atoms with Gasteiger partial charge in [0.15, 0.2) is 0 Å². The maximum absolute atomic E-state index is 12.8. The molecule has 1 spiro atoms. The lowest BCUT2D eigenvalue weighted by Crippen LogP contribution is -2.50. The van der Waals surface area contributed by atoms with Crippen molar-refractivity contribution in [2.75, 3.05) is 13.7 Å². The van der Waals surface area contributed by atoms with Gasteiger partial charge in [-0.15, -0.1) is 0 Å². The van der Waals surface area contributed by atoms with Gasteiger partial charge in [0.1, 0.15) is 18.1 Å². The number of methoxy groups -OCH3 is 1. The van der Waals surface area contributed by atoms with E-state index in [-0.39, 0.29) is 11.8 Å². The summed E-state index contributed by atoms with van der Waals surface area (Å²) in [6.45, 7) is 3.34. The molecule has 0 unspecified atom stereocenters. The van der Waals surface area contributed by atoms with Crippen molar-refractivity contribution < 1.29 is 23.9 Å². The van der Waals surface area contributed by atoms with Gasteiger partial charge in [0.25, 0.3) is 5.91 Å². The molecule has 1 heterocycles. The second-order valence-corrected chi connectivity index (χ2v) is 7.27. The fraction of sp³-hybridized carbons (Fsp3) is 0.778. The van der Waals surface area contributed by atoms with E-state index in [9.17, 15) is 19.2 Å². The first kappa shape index (κ1) is 20.2. The smallest absolute Gasteiger partial charge is 0.328 e. The van der Waals surface area contributed by atoms with Crippen molar-refractivity contribution >= 4 is 23.8 Å². The molecule has 1 saturated carbocycles. The average molecular weight is 367 g/mol. The molecule has 1 aliphatic carbocycles. The number of nitrogens with zero attached hydrogens (tertiary/aromatic N) is 1. The number of hydrogen-bond acceptors (Lipinski definition) is 5. The van der Waals surface area contributed by atoms with E-state index in [1.807, 2.05) is 13.8 Å². The zero-order chi connectivity index (χ0) is 19.3. The predicted octanol–water partition coefficient (Wildman–Crippen LogP) is 1.34. The van der Waals surface area contributed by atoms with E-state index in [1.54, 1.807) is 0 Å². The molecule has 4 amide bonds. The van der Waals surface area contributed by atoms with Gasteiger partial charge in [-0.05, 0) is 18.8 Å². The molecule has 26 heavy (non-hydrogen) atoms. The van der Waals surface area contributed by atoms with E-state index in [4.69, 9.17) is 4.74 Å². The lowest BCUT2D eigenvalue weighted by atomic mass is 9.90. The minimum atomic E-state index is -0.869. The van der Waals surface area contributed by atoms with E-state index in [2.05, 4.69) is 10.6 Å². The second-order valence-electron chi connectivity index (χ2n) is 7.27. The van der Waals surface area contributed by atoms with Crippen LogP contribution in [0.4, 0.5) is 4.79 Å². The highest BCUT2D eigenvalue weighted by Gasteiger charge is 2.51. The minimum absolute atomic E-state index is 0.122. The van der Waals surface area contributed by atoms with Gasteiger partial charge in [0.2, 0.25) is 5.91 Å². The maximum Gasteiger partial charge on any atom is 0.328 e. The van der Waals surface area contributed by atoms with E-state index >= 15 is 0 Å².